The van der Waals surface area contributed by atoms with Crippen molar-refractivity contribution in [1.29, 1.82) is 0 Å². The van der Waals surface area contributed by atoms with Crippen LogP contribution in [0.2, 0.25) is 0 Å². The first-order valence-corrected chi connectivity index (χ1v) is 8.17. The number of hydrogen-bond donors (Lipinski definition) is 1. The van der Waals surface area contributed by atoms with Gasteiger partial charge in [-0.25, -0.2) is 0 Å². The second-order valence-corrected chi connectivity index (χ2v) is 6.77. The van der Waals surface area contributed by atoms with Gasteiger partial charge >= 0.3 is 11.9 Å². The standard InChI is InChI=1S/C18H27NO5/c1-6-23-15(21)18(11-7-9-13(2)20,14-10-8-12-19-14)16(22)24-17(3,4)5/h8,10,12,19H,6-7,9,11H2,1-5H3. The van der Waals surface area contributed by atoms with Gasteiger partial charge in [-0.05, 0) is 59.6 Å². The predicted molar refractivity (Wildman–Crippen MR) is 89.5 cm³/mol. The maximum absolute atomic E-state index is 12.9. The Labute approximate surface area is 142 Å². The third-order valence-electron chi connectivity index (χ3n) is 3.51. The minimum atomic E-state index is -1.59. The van der Waals surface area contributed by atoms with E-state index in [1.807, 2.05) is 0 Å². The highest BCUT2D eigenvalue weighted by molar-refractivity contribution is 6.06. The molecule has 1 N–H and O–H groups in total. The van der Waals surface area contributed by atoms with Gasteiger partial charge in [0, 0.05) is 18.3 Å². The van der Waals surface area contributed by atoms with Crippen LogP contribution in [0.1, 0.15) is 59.6 Å². The molecule has 0 saturated carbocycles. The lowest BCUT2D eigenvalue weighted by molar-refractivity contribution is -0.173. The molecule has 0 amide bonds. The number of carbonyl (C=O) groups excluding carboxylic acids is 3. The summed E-state index contributed by atoms with van der Waals surface area (Å²) in [6.07, 6.45) is 2.44. The molecule has 24 heavy (non-hydrogen) atoms. The highest BCUT2D eigenvalue weighted by atomic mass is 16.6. The van der Waals surface area contributed by atoms with Gasteiger partial charge in [-0.2, -0.15) is 0 Å². The smallest absolute Gasteiger partial charge is 0.330 e. The van der Waals surface area contributed by atoms with Gasteiger partial charge in [0.1, 0.15) is 11.4 Å². The van der Waals surface area contributed by atoms with Crippen LogP contribution < -0.4 is 0 Å². The maximum Gasteiger partial charge on any atom is 0.330 e. The Hall–Kier alpha value is -2.11. The van der Waals surface area contributed by atoms with Gasteiger partial charge < -0.3 is 19.3 Å². The van der Waals surface area contributed by atoms with E-state index in [4.69, 9.17) is 9.47 Å². The highest BCUT2D eigenvalue weighted by Gasteiger charge is 2.52. The van der Waals surface area contributed by atoms with Crippen molar-refractivity contribution in [1.82, 2.24) is 4.98 Å². The van der Waals surface area contributed by atoms with E-state index in [9.17, 15) is 14.4 Å². The van der Waals surface area contributed by atoms with E-state index in [0.29, 0.717) is 12.1 Å². The molecule has 1 aromatic rings. The zero-order valence-electron chi connectivity index (χ0n) is 15.1. The summed E-state index contributed by atoms with van der Waals surface area (Å²) in [4.78, 5) is 39.9. The molecule has 0 spiro atoms. The molecule has 1 aromatic heterocycles. The van der Waals surface area contributed by atoms with Gasteiger partial charge in [0.25, 0.3) is 0 Å². The average Bonchev–Trinajstić information content (AvgIpc) is 2.95. The highest BCUT2D eigenvalue weighted by Crippen LogP contribution is 2.34. The topological polar surface area (TPSA) is 85.5 Å². The van der Waals surface area contributed by atoms with E-state index in [2.05, 4.69) is 4.98 Å². The summed E-state index contributed by atoms with van der Waals surface area (Å²) in [6.45, 7) is 8.54. The summed E-state index contributed by atoms with van der Waals surface area (Å²) in [5.74, 6) is -1.33. The van der Waals surface area contributed by atoms with Crippen LogP contribution in [0.5, 0.6) is 0 Å². The third kappa shape index (κ3) is 4.94. The molecule has 6 nitrogen and oxygen atoms in total. The van der Waals surface area contributed by atoms with Crippen molar-refractivity contribution in [3.63, 3.8) is 0 Å². The number of aromatic amines is 1. The third-order valence-corrected chi connectivity index (χ3v) is 3.51. The molecule has 1 rings (SSSR count). The van der Waals surface area contributed by atoms with Crippen molar-refractivity contribution in [2.45, 2.75) is 64.9 Å². The first-order valence-electron chi connectivity index (χ1n) is 8.17. The number of aromatic nitrogens is 1. The number of ketones is 1. The van der Waals surface area contributed by atoms with Crippen molar-refractivity contribution in [2.75, 3.05) is 6.61 Å². The summed E-state index contributed by atoms with van der Waals surface area (Å²) in [7, 11) is 0. The van der Waals surface area contributed by atoms with Gasteiger partial charge in [-0.15, -0.1) is 0 Å². The lowest BCUT2D eigenvalue weighted by Gasteiger charge is -2.32. The van der Waals surface area contributed by atoms with Gasteiger partial charge in [0.2, 0.25) is 5.41 Å². The lowest BCUT2D eigenvalue weighted by atomic mass is 9.79. The van der Waals surface area contributed by atoms with Crippen LogP contribution in [0, 0.1) is 0 Å². The molecule has 0 aromatic carbocycles. The number of carbonyl (C=O) groups is 3. The molecule has 0 bridgehead atoms. The number of esters is 2. The summed E-state index contributed by atoms with van der Waals surface area (Å²) >= 11 is 0. The van der Waals surface area contributed by atoms with Crippen LogP contribution in [0.3, 0.4) is 0 Å². The van der Waals surface area contributed by atoms with Crippen LogP contribution in [0.25, 0.3) is 0 Å². The number of ether oxygens (including phenoxy) is 2. The lowest BCUT2D eigenvalue weighted by Crippen LogP contribution is -2.48. The normalized spacial score (nSPS) is 13.9. The first kappa shape index (κ1) is 19.9. The van der Waals surface area contributed by atoms with Crippen molar-refractivity contribution < 1.29 is 23.9 Å². The molecular formula is C18H27NO5. The Morgan fingerprint density at radius 3 is 2.29 bits per heavy atom. The fourth-order valence-corrected chi connectivity index (χ4v) is 2.46. The molecular weight excluding hydrogens is 310 g/mol. The quantitative estimate of drug-likeness (QED) is 0.582. The van der Waals surface area contributed by atoms with Crippen molar-refractivity contribution in [3.8, 4) is 0 Å². The van der Waals surface area contributed by atoms with Crippen LogP contribution in [-0.4, -0.2) is 34.9 Å². The molecule has 0 fully saturated rings. The SMILES string of the molecule is CCOC(=O)C(CCCC(C)=O)(C(=O)OC(C)(C)C)c1ccc[nH]1. The minimum absolute atomic E-state index is 0.00318. The Kier molecular flexibility index (Phi) is 6.75. The second kappa shape index (κ2) is 8.13. The van der Waals surface area contributed by atoms with Gasteiger partial charge in [0.05, 0.1) is 6.61 Å². The Balaban J connectivity index is 3.29. The summed E-state index contributed by atoms with van der Waals surface area (Å²) in [6, 6.07) is 3.37. The number of nitrogens with one attached hydrogen (secondary N) is 1. The Morgan fingerprint density at radius 2 is 1.83 bits per heavy atom. The van der Waals surface area contributed by atoms with E-state index in [-0.39, 0.29) is 25.2 Å². The van der Waals surface area contributed by atoms with Gasteiger partial charge in [-0.3, -0.25) is 9.59 Å². The van der Waals surface area contributed by atoms with E-state index >= 15 is 0 Å². The van der Waals surface area contributed by atoms with Crippen molar-refractivity contribution >= 4 is 17.7 Å². The first-order chi connectivity index (χ1) is 11.1. The largest absolute Gasteiger partial charge is 0.465 e. The second-order valence-electron chi connectivity index (χ2n) is 6.77. The molecule has 1 atom stereocenters. The number of rotatable bonds is 8. The zero-order valence-corrected chi connectivity index (χ0v) is 15.1. The van der Waals surface area contributed by atoms with E-state index < -0.39 is 23.0 Å². The van der Waals surface area contributed by atoms with Crippen LogP contribution in [0.4, 0.5) is 0 Å². The van der Waals surface area contributed by atoms with Gasteiger partial charge in [-0.1, -0.05) is 0 Å². The molecule has 0 radical (unpaired) electrons. The number of hydrogen-bond acceptors (Lipinski definition) is 5. The fraction of sp³-hybridized carbons (Fsp3) is 0.611. The molecule has 1 unspecified atom stereocenters. The van der Waals surface area contributed by atoms with E-state index in [0.717, 1.165) is 0 Å². The van der Waals surface area contributed by atoms with Crippen molar-refractivity contribution in [2.24, 2.45) is 0 Å². The summed E-state index contributed by atoms with van der Waals surface area (Å²) < 4.78 is 10.7. The molecule has 6 heteroatoms. The fourth-order valence-electron chi connectivity index (χ4n) is 2.46. The number of Topliss-reactive ketones (excluding diaryl/α,β-unsaturated/α-hetero) is 1. The van der Waals surface area contributed by atoms with Crippen LogP contribution >= 0.6 is 0 Å². The Bertz CT molecular complexity index is 571. The molecule has 134 valence electrons. The van der Waals surface area contributed by atoms with Crippen LogP contribution in [-0.2, 0) is 29.3 Å². The van der Waals surface area contributed by atoms with Gasteiger partial charge in [0.15, 0.2) is 0 Å². The van der Waals surface area contributed by atoms with E-state index in [1.165, 1.54) is 6.92 Å². The minimum Gasteiger partial charge on any atom is -0.465 e. The molecule has 0 aliphatic carbocycles. The van der Waals surface area contributed by atoms with E-state index in [1.54, 1.807) is 46.0 Å². The summed E-state index contributed by atoms with van der Waals surface area (Å²) in [5.41, 5.74) is -1.93. The molecule has 0 aliphatic rings. The molecule has 0 aliphatic heterocycles. The molecule has 0 saturated heterocycles. The van der Waals surface area contributed by atoms with Crippen LogP contribution in [0.15, 0.2) is 18.3 Å². The zero-order chi connectivity index (χ0) is 18.4. The number of H-pyrrole nitrogens is 1. The monoisotopic (exact) mass is 337 g/mol. The average molecular weight is 337 g/mol. The maximum atomic E-state index is 12.9. The predicted octanol–water partition coefficient (Wildman–Crippen LogP) is 2.92. The molecule has 1 heterocycles. The summed E-state index contributed by atoms with van der Waals surface area (Å²) in [5, 5.41) is 0. The van der Waals surface area contributed by atoms with Crippen molar-refractivity contribution in [3.05, 3.63) is 24.0 Å². The Morgan fingerprint density at radius 1 is 1.17 bits per heavy atom.